The highest BCUT2D eigenvalue weighted by molar-refractivity contribution is 7.48. The van der Waals surface area contributed by atoms with Crippen molar-refractivity contribution in [2.45, 2.75) is 24.5 Å². The summed E-state index contributed by atoms with van der Waals surface area (Å²) in [4.78, 5) is 42.9. The molecule has 0 aromatic carbocycles. The highest BCUT2D eigenvalue weighted by atomic mass is 31.2. The van der Waals surface area contributed by atoms with Crippen LogP contribution in [-0.4, -0.2) is 80.4 Å². The molecule has 0 radical (unpaired) electrons. The van der Waals surface area contributed by atoms with Gasteiger partial charge in [-0.1, -0.05) is 0 Å². The van der Waals surface area contributed by atoms with Gasteiger partial charge in [0.1, 0.15) is 35.8 Å². The third-order valence-corrected chi connectivity index (χ3v) is 6.30. The number of nitrogens with zero attached hydrogens (tertiary/aromatic N) is 5. The molecule has 1 unspecified atom stereocenters. The number of nitrogens with two attached hydrogens (primary N) is 2. The molecule has 10 N–H and O–H groups in total. The first-order valence-corrected chi connectivity index (χ1v) is 11.6. The zero-order valence-corrected chi connectivity index (χ0v) is 18.9. The van der Waals surface area contributed by atoms with Gasteiger partial charge in [-0.15, -0.1) is 0 Å². The fourth-order valence-corrected chi connectivity index (χ4v) is 4.47. The summed E-state index contributed by atoms with van der Waals surface area (Å²) < 4.78 is 29.0. The van der Waals surface area contributed by atoms with Crippen molar-refractivity contribution in [3.05, 3.63) is 34.8 Å². The van der Waals surface area contributed by atoms with Crippen molar-refractivity contribution in [3.8, 4) is 0 Å². The first-order valence-electron chi connectivity index (χ1n) is 10.1. The van der Waals surface area contributed by atoms with Crippen molar-refractivity contribution in [2.24, 2.45) is 0 Å². The topological polar surface area (TPSA) is 286 Å². The minimum absolute atomic E-state index is 0.0369. The molecule has 36 heavy (non-hydrogen) atoms. The summed E-state index contributed by atoms with van der Waals surface area (Å²) in [5.74, 6) is -0.930. The largest absolute Gasteiger partial charge is 0.528 e. The average molecular weight is 522 g/mol. The molecule has 1 aliphatic rings. The second kappa shape index (κ2) is 8.63. The number of ether oxygens (including phenoxy) is 1. The molecular formula is C17H19N10O8P. The van der Waals surface area contributed by atoms with Gasteiger partial charge < -0.3 is 35.9 Å². The maximum atomic E-state index is 12.5. The third-order valence-electron chi connectivity index (χ3n) is 5.41. The van der Waals surface area contributed by atoms with Gasteiger partial charge in [0.25, 0.3) is 5.56 Å². The Kier molecular flexibility index (Phi) is 5.70. The number of hydrogen-bond acceptors (Lipinski definition) is 14. The lowest BCUT2D eigenvalue weighted by Gasteiger charge is -2.18. The van der Waals surface area contributed by atoms with Crippen molar-refractivity contribution in [1.29, 1.82) is 5.41 Å². The molecule has 5 heterocycles. The minimum Gasteiger partial charge on any atom is -0.387 e. The van der Waals surface area contributed by atoms with Crippen LogP contribution in [0.25, 0.3) is 22.2 Å². The van der Waals surface area contributed by atoms with E-state index in [1.54, 1.807) is 0 Å². The lowest BCUT2D eigenvalue weighted by atomic mass is 10.1. The van der Waals surface area contributed by atoms with E-state index in [2.05, 4.69) is 29.9 Å². The molecule has 4 aromatic rings. The molecule has 1 fully saturated rings. The Balaban J connectivity index is 1.28. The number of aliphatic hydroxyl groups excluding tert-OH is 2. The SMILES string of the molecule is N=C(OP(=O)(O)OC[C@H]1O[C@@H](n2cnc3c(N)ncnc32)[C@H](O)[C@@H]1O)c1c[nH]c2nc(N)[nH]c(=O)c12. The minimum atomic E-state index is -4.94. The third kappa shape index (κ3) is 4.06. The predicted octanol–water partition coefficient (Wildman–Crippen LogP) is -1.67. The Morgan fingerprint density at radius 3 is 2.83 bits per heavy atom. The smallest absolute Gasteiger partial charge is 0.387 e. The van der Waals surface area contributed by atoms with Crippen molar-refractivity contribution in [1.82, 2.24) is 34.5 Å². The van der Waals surface area contributed by atoms with Crippen LogP contribution >= 0.6 is 7.82 Å². The molecule has 1 aliphatic heterocycles. The molecule has 18 nitrogen and oxygen atoms in total. The number of fused-ring (bicyclic) bond motifs is 2. The van der Waals surface area contributed by atoms with E-state index in [-0.39, 0.29) is 39.5 Å². The summed E-state index contributed by atoms with van der Waals surface area (Å²) in [6, 6.07) is 0. The molecule has 5 rings (SSSR count). The number of imidazole rings is 1. The fourth-order valence-electron chi connectivity index (χ4n) is 3.75. The van der Waals surface area contributed by atoms with E-state index in [0.717, 1.165) is 0 Å². The predicted molar refractivity (Wildman–Crippen MR) is 120 cm³/mol. The van der Waals surface area contributed by atoms with Gasteiger partial charge in [-0.25, -0.2) is 19.5 Å². The number of rotatable bonds is 6. The normalized spacial score (nSPS) is 23.8. The van der Waals surface area contributed by atoms with Crippen LogP contribution in [0.3, 0.4) is 0 Å². The number of aliphatic hydroxyl groups is 2. The van der Waals surface area contributed by atoms with Gasteiger partial charge in [-0.05, 0) is 0 Å². The summed E-state index contributed by atoms with van der Waals surface area (Å²) >= 11 is 0. The number of nitrogen functional groups attached to an aromatic ring is 2. The van der Waals surface area contributed by atoms with E-state index in [9.17, 15) is 24.5 Å². The maximum absolute atomic E-state index is 12.5. The lowest BCUT2D eigenvalue weighted by Crippen LogP contribution is -2.33. The molecule has 19 heteroatoms. The van der Waals surface area contributed by atoms with Gasteiger partial charge >= 0.3 is 7.82 Å². The second-order valence-corrected chi connectivity index (χ2v) is 9.07. The summed E-state index contributed by atoms with van der Waals surface area (Å²) in [6.45, 7) is -0.702. The van der Waals surface area contributed by atoms with E-state index < -0.39 is 50.4 Å². The van der Waals surface area contributed by atoms with Crippen LogP contribution in [0.5, 0.6) is 0 Å². The lowest BCUT2D eigenvalue weighted by molar-refractivity contribution is -0.0502. The van der Waals surface area contributed by atoms with E-state index in [1.165, 1.54) is 23.4 Å². The number of hydrogen-bond donors (Lipinski definition) is 8. The number of aromatic nitrogens is 7. The van der Waals surface area contributed by atoms with Gasteiger partial charge in [-0.2, -0.15) is 4.98 Å². The number of anilines is 2. The van der Waals surface area contributed by atoms with Crippen molar-refractivity contribution >= 4 is 47.7 Å². The van der Waals surface area contributed by atoms with Crippen LogP contribution in [0, 0.1) is 5.41 Å². The molecule has 0 saturated carbocycles. The highest BCUT2D eigenvalue weighted by Gasteiger charge is 2.45. The van der Waals surface area contributed by atoms with Gasteiger partial charge in [0.2, 0.25) is 11.8 Å². The van der Waals surface area contributed by atoms with E-state index in [0.29, 0.717) is 0 Å². The van der Waals surface area contributed by atoms with Crippen LogP contribution in [0.2, 0.25) is 0 Å². The number of nitrogens with one attached hydrogen (secondary N) is 3. The van der Waals surface area contributed by atoms with Gasteiger partial charge in [0.15, 0.2) is 17.7 Å². The Bertz CT molecular complexity index is 1580. The monoisotopic (exact) mass is 522 g/mol. The van der Waals surface area contributed by atoms with Crippen molar-refractivity contribution < 1.29 is 33.5 Å². The molecule has 0 bridgehead atoms. The fraction of sp³-hybridized carbons (Fsp3) is 0.294. The molecule has 0 amide bonds. The van der Waals surface area contributed by atoms with Gasteiger partial charge in [0, 0.05) is 6.20 Å². The van der Waals surface area contributed by atoms with Crippen molar-refractivity contribution in [2.75, 3.05) is 18.1 Å². The molecule has 5 atom stereocenters. The highest BCUT2D eigenvalue weighted by Crippen LogP contribution is 2.45. The first kappa shape index (κ1) is 23.8. The molecule has 0 spiro atoms. The Morgan fingerprint density at radius 1 is 1.28 bits per heavy atom. The molecule has 4 aromatic heterocycles. The standard InChI is InChI=1S/C17H19N10O8P/c18-11-8-14(23-3-22-11)27(4-24-8)16-10(29)9(28)6(34-16)2-33-36(31,32)35-12(19)5-1-21-13-7(5)15(30)26-17(20)25-13/h1,3-4,6,9-10,16,19,28-29H,2H2,(H,31,32)(H2,18,22,23)(H4,20,21,25,26,30)/t6-,9-,10-,16-/m1/s1. The number of phosphoric acid groups is 1. The molecule has 190 valence electrons. The Hall–Kier alpha value is -3.93. The average Bonchev–Trinajstić information content (AvgIpc) is 3.50. The van der Waals surface area contributed by atoms with E-state index in [4.69, 9.17) is 30.7 Å². The Morgan fingerprint density at radius 2 is 2.06 bits per heavy atom. The van der Waals surface area contributed by atoms with Gasteiger partial charge in [0.05, 0.1) is 23.9 Å². The zero-order chi connectivity index (χ0) is 25.8. The quantitative estimate of drug-likeness (QED) is 0.0798. The zero-order valence-electron chi connectivity index (χ0n) is 18.0. The maximum Gasteiger partial charge on any atom is 0.528 e. The van der Waals surface area contributed by atoms with Gasteiger partial charge in [-0.3, -0.25) is 29.2 Å². The Labute approximate surface area is 199 Å². The van der Waals surface area contributed by atoms with Crippen LogP contribution < -0.4 is 17.0 Å². The van der Waals surface area contributed by atoms with Crippen LogP contribution in [0.15, 0.2) is 23.6 Å². The number of phosphoric ester groups is 1. The molecule has 0 aliphatic carbocycles. The summed E-state index contributed by atoms with van der Waals surface area (Å²) in [5, 5.41) is 28.7. The summed E-state index contributed by atoms with van der Waals surface area (Å²) in [6.07, 6.45) is -1.82. The summed E-state index contributed by atoms with van der Waals surface area (Å²) in [5.41, 5.74) is 10.9. The van der Waals surface area contributed by atoms with Crippen molar-refractivity contribution in [3.63, 3.8) is 0 Å². The van der Waals surface area contributed by atoms with Crippen LogP contribution in [0.1, 0.15) is 11.8 Å². The second-order valence-electron chi connectivity index (χ2n) is 7.69. The summed E-state index contributed by atoms with van der Waals surface area (Å²) in [7, 11) is -4.94. The number of H-pyrrole nitrogens is 2. The molecule has 1 saturated heterocycles. The van der Waals surface area contributed by atoms with Crippen LogP contribution in [0.4, 0.5) is 11.8 Å². The first-order chi connectivity index (χ1) is 17.1. The van der Waals surface area contributed by atoms with E-state index in [1.807, 2.05) is 0 Å². The van der Waals surface area contributed by atoms with Crippen LogP contribution in [-0.2, 0) is 18.3 Å². The molecular weight excluding hydrogens is 503 g/mol. The van der Waals surface area contributed by atoms with E-state index >= 15 is 0 Å². The number of aromatic amines is 2.